The third-order valence-corrected chi connectivity index (χ3v) is 3.48. The molecule has 2 heteroatoms. The number of rotatable bonds is 2. The quantitative estimate of drug-likeness (QED) is 0.712. The monoisotopic (exact) mass is 184 g/mol. The van der Waals surface area contributed by atoms with Crippen LogP contribution >= 0.6 is 0 Å². The van der Waals surface area contributed by atoms with Gasteiger partial charge in [-0.05, 0) is 31.6 Å². The Labute approximate surface area is 80.3 Å². The number of hydrogen-bond acceptors (Lipinski definition) is 2. The van der Waals surface area contributed by atoms with Gasteiger partial charge >= 0.3 is 0 Å². The molecule has 2 rings (SSSR count). The van der Waals surface area contributed by atoms with E-state index in [0.717, 1.165) is 38.9 Å². The normalized spacial score (nSPS) is 33.5. The van der Waals surface area contributed by atoms with Gasteiger partial charge in [-0.25, -0.2) is 0 Å². The lowest BCUT2D eigenvalue weighted by Gasteiger charge is -2.33. The maximum absolute atomic E-state index is 10.3. The van der Waals surface area contributed by atoms with E-state index >= 15 is 0 Å². The van der Waals surface area contributed by atoms with Gasteiger partial charge in [0.15, 0.2) is 0 Å². The molecule has 0 bridgehead atoms. The lowest BCUT2D eigenvalue weighted by Crippen LogP contribution is -2.33. The second kappa shape index (κ2) is 3.97. The molecule has 2 aliphatic rings. The topological polar surface area (TPSA) is 29.5 Å². The molecule has 1 saturated carbocycles. The Hall–Kier alpha value is -0.0800. The van der Waals surface area contributed by atoms with Crippen LogP contribution in [0.25, 0.3) is 0 Å². The van der Waals surface area contributed by atoms with E-state index in [9.17, 15) is 5.11 Å². The molecule has 0 radical (unpaired) electrons. The Kier molecular flexibility index (Phi) is 2.89. The maximum Gasteiger partial charge on any atom is 0.0651 e. The fourth-order valence-electron chi connectivity index (χ4n) is 2.70. The Morgan fingerprint density at radius 2 is 2.00 bits per heavy atom. The van der Waals surface area contributed by atoms with E-state index in [0.29, 0.717) is 5.92 Å². The molecule has 1 saturated heterocycles. The van der Waals surface area contributed by atoms with E-state index in [4.69, 9.17) is 4.74 Å². The molecule has 1 N–H and O–H groups in total. The van der Waals surface area contributed by atoms with E-state index in [1.165, 1.54) is 19.3 Å². The predicted octanol–water partition coefficient (Wildman–Crippen LogP) is 2.11. The molecule has 1 atom stereocenters. The van der Waals surface area contributed by atoms with Crippen molar-refractivity contribution < 1.29 is 9.84 Å². The molecule has 2 fully saturated rings. The molecule has 1 aliphatic heterocycles. The summed E-state index contributed by atoms with van der Waals surface area (Å²) in [5.41, 5.74) is -0.337. The largest absolute Gasteiger partial charge is 0.390 e. The van der Waals surface area contributed by atoms with Crippen molar-refractivity contribution in [3.8, 4) is 0 Å². The molecule has 2 nitrogen and oxygen atoms in total. The van der Waals surface area contributed by atoms with Gasteiger partial charge in [-0.3, -0.25) is 0 Å². The van der Waals surface area contributed by atoms with Crippen LogP contribution in [0.5, 0.6) is 0 Å². The summed E-state index contributed by atoms with van der Waals surface area (Å²) in [6.07, 6.45) is 7.90. The molecular formula is C11H20O2. The van der Waals surface area contributed by atoms with Crippen LogP contribution in [-0.2, 0) is 4.74 Å². The zero-order valence-corrected chi connectivity index (χ0v) is 8.30. The molecule has 0 amide bonds. The van der Waals surface area contributed by atoms with Crippen molar-refractivity contribution in [1.82, 2.24) is 0 Å². The standard InChI is InChI=1S/C11H20O2/c12-11(5-2-1-3-6-11)8-10-4-7-13-9-10/h10,12H,1-9H2. The van der Waals surface area contributed by atoms with Crippen LogP contribution in [0.3, 0.4) is 0 Å². The first kappa shape index (κ1) is 9.47. The summed E-state index contributed by atoms with van der Waals surface area (Å²) in [6, 6.07) is 0. The van der Waals surface area contributed by atoms with Crippen LogP contribution in [0.1, 0.15) is 44.9 Å². The molecular weight excluding hydrogens is 164 g/mol. The molecule has 0 aromatic carbocycles. The third-order valence-electron chi connectivity index (χ3n) is 3.48. The van der Waals surface area contributed by atoms with Gasteiger partial charge in [0.05, 0.1) is 5.60 Å². The van der Waals surface area contributed by atoms with Gasteiger partial charge in [0.2, 0.25) is 0 Å². The summed E-state index contributed by atoms with van der Waals surface area (Å²) in [5.74, 6) is 0.628. The highest BCUT2D eigenvalue weighted by Crippen LogP contribution is 2.35. The van der Waals surface area contributed by atoms with Crippen LogP contribution in [0.2, 0.25) is 0 Å². The molecule has 0 spiro atoms. The smallest absolute Gasteiger partial charge is 0.0651 e. The lowest BCUT2D eigenvalue weighted by atomic mass is 9.78. The van der Waals surface area contributed by atoms with Gasteiger partial charge < -0.3 is 9.84 Å². The maximum atomic E-state index is 10.3. The minimum Gasteiger partial charge on any atom is -0.390 e. The number of hydrogen-bond donors (Lipinski definition) is 1. The van der Waals surface area contributed by atoms with Crippen molar-refractivity contribution in [2.24, 2.45) is 5.92 Å². The molecule has 76 valence electrons. The Bertz CT molecular complexity index is 155. The fourth-order valence-corrected chi connectivity index (χ4v) is 2.70. The van der Waals surface area contributed by atoms with E-state index in [-0.39, 0.29) is 5.60 Å². The zero-order valence-electron chi connectivity index (χ0n) is 8.30. The summed E-state index contributed by atoms with van der Waals surface area (Å²) in [6.45, 7) is 1.78. The van der Waals surface area contributed by atoms with Gasteiger partial charge in [0, 0.05) is 13.2 Å². The highest BCUT2D eigenvalue weighted by atomic mass is 16.5. The van der Waals surface area contributed by atoms with Gasteiger partial charge in [-0.15, -0.1) is 0 Å². The van der Waals surface area contributed by atoms with Crippen molar-refractivity contribution >= 4 is 0 Å². The Morgan fingerprint density at radius 1 is 1.23 bits per heavy atom. The summed E-state index contributed by atoms with van der Waals surface area (Å²) in [5, 5.41) is 10.3. The van der Waals surface area contributed by atoms with E-state index in [1.807, 2.05) is 0 Å². The minimum atomic E-state index is -0.337. The van der Waals surface area contributed by atoms with Crippen molar-refractivity contribution in [3.05, 3.63) is 0 Å². The molecule has 13 heavy (non-hydrogen) atoms. The summed E-state index contributed by atoms with van der Waals surface area (Å²) in [7, 11) is 0. The average Bonchev–Trinajstić information content (AvgIpc) is 2.57. The van der Waals surface area contributed by atoms with Crippen molar-refractivity contribution in [1.29, 1.82) is 0 Å². The van der Waals surface area contributed by atoms with Gasteiger partial charge in [-0.1, -0.05) is 19.3 Å². The first-order chi connectivity index (χ1) is 6.29. The minimum absolute atomic E-state index is 0.337. The second-order valence-electron chi connectivity index (χ2n) is 4.72. The fraction of sp³-hybridized carbons (Fsp3) is 1.00. The first-order valence-electron chi connectivity index (χ1n) is 5.59. The summed E-state index contributed by atoms with van der Waals surface area (Å²) < 4.78 is 5.33. The predicted molar refractivity (Wildman–Crippen MR) is 51.6 cm³/mol. The first-order valence-corrected chi connectivity index (χ1v) is 5.59. The highest BCUT2D eigenvalue weighted by molar-refractivity contribution is 4.85. The summed E-state index contributed by atoms with van der Waals surface area (Å²) in [4.78, 5) is 0. The van der Waals surface area contributed by atoms with Crippen molar-refractivity contribution in [2.45, 2.75) is 50.5 Å². The molecule has 1 heterocycles. The highest BCUT2D eigenvalue weighted by Gasteiger charge is 2.33. The second-order valence-corrected chi connectivity index (χ2v) is 4.72. The van der Waals surface area contributed by atoms with Crippen molar-refractivity contribution in [2.75, 3.05) is 13.2 Å². The Morgan fingerprint density at radius 3 is 2.62 bits per heavy atom. The Balaban J connectivity index is 1.83. The van der Waals surface area contributed by atoms with Crippen molar-refractivity contribution in [3.63, 3.8) is 0 Å². The van der Waals surface area contributed by atoms with E-state index < -0.39 is 0 Å². The van der Waals surface area contributed by atoms with E-state index in [1.54, 1.807) is 0 Å². The third kappa shape index (κ3) is 2.44. The lowest BCUT2D eigenvalue weighted by molar-refractivity contribution is -0.0185. The van der Waals surface area contributed by atoms with E-state index in [2.05, 4.69) is 0 Å². The molecule has 0 aromatic rings. The van der Waals surface area contributed by atoms with Crippen LogP contribution in [0, 0.1) is 5.92 Å². The van der Waals surface area contributed by atoms with Gasteiger partial charge in [-0.2, -0.15) is 0 Å². The van der Waals surface area contributed by atoms with Crippen LogP contribution in [0.15, 0.2) is 0 Å². The molecule has 0 aromatic heterocycles. The SMILES string of the molecule is OC1(CC2CCOC2)CCCCC1. The summed E-state index contributed by atoms with van der Waals surface area (Å²) >= 11 is 0. The number of aliphatic hydroxyl groups is 1. The average molecular weight is 184 g/mol. The van der Waals surface area contributed by atoms with Crippen LogP contribution < -0.4 is 0 Å². The van der Waals surface area contributed by atoms with Crippen LogP contribution in [-0.4, -0.2) is 23.9 Å². The van der Waals surface area contributed by atoms with Crippen LogP contribution in [0.4, 0.5) is 0 Å². The van der Waals surface area contributed by atoms with Gasteiger partial charge in [0.1, 0.15) is 0 Å². The number of ether oxygens (including phenoxy) is 1. The zero-order chi connectivity index (χ0) is 9.15. The molecule has 1 unspecified atom stereocenters. The molecule has 1 aliphatic carbocycles. The van der Waals surface area contributed by atoms with Gasteiger partial charge in [0.25, 0.3) is 0 Å².